The SMILES string of the molecule is O=[P+](O)O.[Cl-].[Na+]. The van der Waals surface area contributed by atoms with Gasteiger partial charge in [0.15, 0.2) is 0 Å². The van der Waals surface area contributed by atoms with E-state index in [0.717, 1.165) is 0 Å². The van der Waals surface area contributed by atoms with Crippen LogP contribution in [-0.4, -0.2) is 9.79 Å². The van der Waals surface area contributed by atoms with Gasteiger partial charge in [-0.3, -0.25) is 0 Å². The van der Waals surface area contributed by atoms with Crippen molar-refractivity contribution in [2.24, 2.45) is 0 Å². The van der Waals surface area contributed by atoms with Gasteiger partial charge in [0.1, 0.15) is 0 Å². The Balaban J connectivity index is -0.0000000450. The number of rotatable bonds is 0. The van der Waals surface area contributed by atoms with E-state index in [9.17, 15) is 0 Å². The van der Waals surface area contributed by atoms with Gasteiger partial charge in [0.25, 0.3) is 0 Å². The molecule has 0 saturated carbocycles. The van der Waals surface area contributed by atoms with Gasteiger partial charge in [0.2, 0.25) is 0 Å². The molecule has 0 saturated heterocycles. The molecule has 0 aliphatic carbocycles. The Kier molecular flexibility index (Phi) is 25.0. The van der Waals surface area contributed by atoms with Gasteiger partial charge in [-0.1, -0.05) is 0 Å². The van der Waals surface area contributed by atoms with Crippen molar-refractivity contribution in [2.45, 2.75) is 0 Å². The summed E-state index contributed by atoms with van der Waals surface area (Å²) < 4.78 is 8.70. The predicted molar refractivity (Wildman–Crippen MR) is 12.0 cm³/mol. The minimum Gasteiger partial charge on any atom is -1.00 e. The summed E-state index contributed by atoms with van der Waals surface area (Å²) in [4.78, 5) is 14.2. The second kappa shape index (κ2) is 9.58. The van der Waals surface area contributed by atoms with Crippen molar-refractivity contribution in [1.29, 1.82) is 0 Å². The van der Waals surface area contributed by atoms with E-state index in [-0.39, 0.29) is 42.0 Å². The van der Waals surface area contributed by atoms with Crippen LogP contribution in [-0.2, 0) is 4.57 Å². The molecule has 32 valence electrons. The molecule has 0 aliphatic heterocycles. The number of hydrogen-bond donors (Lipinski definition) is 2. The number of halogens is 1. The summed E-state index contributed by atoms with van der Waals surface area (Å²) in [5.74, 6) is 0. The van der Waals surface area contributed by atoms with Crippen LogP contribution >= 0.6 is 8.25 Å². The van der Waals surface area contributed by atoms with Crippen molar-refractivity contribution in [3.05, 3.63) is 0 Å². The zero-order valence-corrected chi connectivity index (χ0v) is 6.78. The standard InChI is InChI=1S/ClH.Na.HO3P/c;;1-4(2)3/h1H;;(H-,1,2,3)/q;+1;. The van der Waals surface area contributed by atoms with Gasteiger partial charge in [-0.15, -0.1) is 9.79 Å². The predicted octanol–water partition coefficient (Wildman–Crippen LogP) is -6.36. The van der Waals surface area contributed by atoms with Crippen LogP contribution in [0.3, 0.4) is 0 Å². The molecule has 0 atom stereocenters. The van der Waals surface area contributed by atoms with Crippen molar-refractivity contribution in [1.82, 2.24) is 0 Å². The van der Waals surface area contributed by atoms with Gasteiger partial charge < -0.3 is 12.4 Å². The molecule has 0 fully saturated rings. The average molecular weight is 139 g/mol. The summed E-state index contributed by atoms with van der Waals surface area (Å²) in [5, 5.41) is 0. The first kappa shape index (κ1) is 15.7. The molecule has 0 aliphatic rings. The molecule has 0 unspecified atom stereocenters. The topological polar surface area (TPSA) is 57.5 Å². The second-order valence-electron chi connectivity index (χ2n) is 0.253. The van der Waals surface area contributed by atoms with Crippen LogP contribution in [0.1, 0.15) is 0 Å². The summed E-state index contributed by atoms with van der Waals surface area (Å²) in [7, 11) is -2.87. The average Bonchev–Trinajstić information content (AvgIpc) is 0.811. The maximum atomic E-state index is 8.70. The largest absolute Gasteiger partial charge is 1.00 e. The molecule has 0 heterocycles. The van der Waals surface area contributed by atoms with Crippen molar-refractivity contribution in [2.75, 3.05) is 0 Å². The Morgan fingerprint density at radius 3 is 1.33 bits per heavy atom. The summed E-state index contributed by atoms with van der Waals surface area (Å²) in [6.07, 6.45) is 0. The van der Waals surface area contributed by atoms with Crippen LogP contribution in [0, 0.1) is 0 Å². The monoisotopic (exact) mass is 139 g/mol. The third-order valence-electron chi connectivity index (χ3n) is 0. The third-order valence-corrected chi connectivity index (χ3v) is 0. The molecule has 6 heteroatoms. The normalized spacial score (nSPS) is 4.33. The second-order valence-corrected chi connectivity index (χ2v) is 0.758. The molecule has 0 amide bonds. The van der Waals surface area contributed by atoms with Crippen LogP contribution in [0.4, 0.5) is 0 Å². The van der Waals surface area contributed by atoms with E-state index in [1.54, 1.807) is 0 Å². The fourth-order valence-corrected chi connectivity index (χ4v) is 0. The zero-order valence-electron chi connectivity index (χ0n) is 3.13. The summed E-state index contributed by atoms with van der Waals surface area (Å²) in [6.45, 7) is 0. The third kappa shape index (κ3) is 57.5. The fourth-order valence-electron chi connectivity index (χ4n) is 0. The van der Waals surface area contributed by atoms with Gasteiger partial charge in [-0.25, -0.2) is 0 Å². The first-order valence-electron chi connectivity index (χ1n) is 0.583. The van der Waals surface area contributed by atoms with E-state index >= 15 is 0 Å². The molecule has 0 aromatic rings. The Bertz CT molecular complexity index is 33.8. The smallest absolute Gasteiger partial charge is 1.00 e. The maximum Gasteiger partial charge on any atom is 1.00 e. The molecule has 0 spiro atoms. The van der Waals surface area contributed by atoms with Crippen molar-refractivity contribution >= 4 is 8.25 Å². The van der Waals surface area contributed by atoms with Gasteiger partial charge in [-0.05, 0) is 0 Å². The van der Waals surface area contributed by atoms with E-state index in [1.165, 1.54) is 0 Å². The molecule has 3 nitrogen and oxygen atoms in total. The molecule has 0 rings (SSSR count). The van der Waals surface area contributed by atoms with Crippen LogP contribution < -0.4 is 42.0 Å². The van der Waals surface area contributed by atoms with E-state index in [4.69, 9.17) is 14.4 Å². The molecular formula is H2ClNaO3P+. The van der Waals surface area contributed by atoms with Crippen molar-refractivity contribution in [3.8, 4) is 0 Å². The zero-order chi connectivity index (χ0) is 3.58. The Hall–Kier alpha value is 1.31. The summed E-state index contributed by atoms with van der Waals surface area (Å²) in [5.41, 5.74) is 0. The maximum absolute atomic E-state index is 8.70. The summed E-state index contributed by atoms with van der Waals surface area (Å²) in [6, 6.07) is 0. The fraction of sp³-hybridized carbons (Fsp3) is 0. The minimum absolute atomic E-state index is 0. The van der Waals surface area contributed by atoms with Gasteiger partial charge in [0, 0.05) is 4.57 Å². The molecule has 0 bridgehead atoms. The van der Waals surface area contributed by atoms with Crippen LogP contribution in [0.2, 0.25) is 0 Å². The molecule has 6 heavy (non-hydrogen) atoms. The van der Waals surface area contributed by atoms with Gasteiger partial charge in [0.05, 0.1) is 0 Å². The molecule has 0 aromatic heterocycles. The molecule has 0 aromatic carbocycles. The first-order valence-corrected chi connectivity index (χ1v) is 1.75. The number of hydrogen-bond acceptors (Lipinski definition) is 1. The van der Waals surface area contributed by atoms with E-state index in [2.05, 4.69) is 0 Å². The van der Waals surface area contributed by atoms with E-state index in [0.29, 0.717) is 0 Å². The molecule has 2 N–H and O–H groups in total. The first-order chi connectivity index (χ1) is 1.73. The molecular weight excluding hydrogens is 137 g/mol. The Morgan fingerprint density at radius 2 is 1.33 bits per heavy atom. The molecule has 0 radical (unpaired) electrons. The van der Waals surface area contributed by atoms with E-state index < -0.39 is 8.25 Å². The quantitative estimate of drug-likeness (QED) is 0.259. The Morgan fingerprint density at radius 1 is 1.33 bits per heavy atom. The van der Waals surface area contributed by atoms with Crippen LogP contribution in [0.15, 0.2) is 0 Å². The van der Waals surface area contributed by atoms with Crippen molar-refractivity contribution in [3.63, 3.8) is 0 Å². The minimum atomic E-state index is -2.87. The van der Waals surface area contributed by atoms with Crippen molar-refractivity contribution < 1.29 is 56.3 Å². The summed E-state index contributed by atoms with van der Waals surface area (Å²) >= 11 is 0. The van der Waals surface area contributed by atoms with E-state index in [1.807, 2.05) is 0 Å². The Labute approximate surface area is 64.4 Å². The van der Waals surface area contributed by atoms with Gasteiger partial charge in [-0.2, -0.15) is 0 Å². The van der Waals surface area contributed by atoms with Crippen LogP contribution in [0.5, 0.6) is 0 Å². The van der Waals surface area contributed by atoms with Crippen LogP contribution in [0.25, 0.3) is 0 Å². The van der Waals surface area contributed by atoms with Gasteiger partial charge >= 0.3 is 37.8 Å².